The third kappa shape index (κ3) is 2.73. The van der Waals surface area contributed by atoms with E-state index in [1.54, 1.807) is 16.6 Å². The van der Waals surface area contributed by atoms with Crippen LogP contribution in [0, 0.1) is 6.92 Å². The monoisotopic (exact) mass is 302 g/mol. The van der Waals surface area contributed by atoms with Gasteiger partial charge in [-0.3, -0.25) is 5.32 Å². The van der Waals surface area contributed by atoms with Gasteiger partial charge in [-0.05, 0) is 26.0 Å². The lowest BCUT2D eigenvalue weighted by Gasteiger charge is -2.13. The van der Waals surface area contributed by atoms with E-state index in [4.69, 9.17) is 4.74 Å². The van der Waals surface area contributed by atoms with E-state index in [2.05, 4.69) is 15.4 Å². The summed E-state index contributed by atoms with van der Waals surface area (Å²) < 4.78 is 7.16. The fraction of sp³-hybridized carbons (Fsp3) is 0.214. The van der Waals surface area contributed by atoms with Crippen molar-refractivity contribution < 1.29 is 9.53 Å². The van der Waals surface area contributed by atoms with E-state index in [9.17, 15) is 4.79 Å². The Kier molecular flexibility index (Phi) is 3.57. The summed E-state index contributed by atoms with van der Waals surface area (Å²) in [6.07, 6.45) is 0.672. The van der Waals surface area contributed by atoms with E-state index >= 15 is 0 Å². The van der Waals surface area contributed by atoms with Gasteiger partial charge in [-0.15, -0.1) is 0 Å². The number of aromatic nitrogens is 3. The van der Waals surface area contributed by atoms with Crippen molar-refractivity contribution in [1.82, 2.24) is 14.6 Å². The summed E-state index contributed by atoms with van der Waals surface area (Å²) in [5, 5.41) is 6.82. The van der Waals surface area contributed by atoms with Crippen molar-refractivity contribution in [2.75, 3.05) is 5.32 Å². The first-order chi connectivity index (χ1) is 10.1. The summed E-state index contributed by atoms with van der Waals surface area (Å²) >= 11 is 1.47. The van der Waals surface area contributed by atoms with Gasteiger partial charge < -0.3 is 4.74 Å². The largest absolute Gasteiger partial charge is 0.440 e. The van der Waals surface area contributed by atoms with Crippen LogP contribution in [0.1, 0.15) is 23.6 Å². The summed E-state index contributed by atoms with van der Waals surface area (Å²) in [7, 11) is 0. The van der Waals surface area contributed by atoms with Crippen molar-refractivity contribution in [2.24, 2.45) is 0 Å². The lowest BCUT2D eigenvalue weighted by Crippen LogP contribution is -2.16. The van der Waals surface area contributed by atoms with Crippen LogP contribution in [-0.4, -0.2) is 20.7 Å². The molecule has 0 saturated heterocycles. The van der Waals surface area contributed by atoms with Crippen LogP contribution < -0.4 is 5.32 Å². The second-order valence-electron chi connectivity index (χ2n) is 4.54. The summed E-state index contributed by atoms with van der Waals surface area (Å²) in [6.45, 7) is 3.77. The fourth-order valence-electron chi connectivity index (χ4n) is 2.07. The van der Waals surface area contributed by atoms with Gasteiger partial charge >= 0.3 is 6.09 Å². The predicted octanol–water partition coefficient (Wildman–Crippen LogP) is 3.41. The molecule has 1 aromatic carbocycles. The summed E-state index contributed by atoms with van der Waals surface area (Å²) in [6, 6.07) is 9.20. The minimum Gasteiger partial charge on any atom is -0.440 e. The Bertz CT molecular complexity index is 766. The Balaban J connectivity index is 1.71. The molecular weight excluding hydrogens is 288 g/mol. The maximum atomic E-state index is 11.9. The molecule has 0 aliphatic rings. The first-order valence-electron chi connectivity index (χ1n) is 6.47. The first kappa shape index (κ1) is 13.6. The molecule has 1 N–H and O–H groups in total. The number of rotatable bonds is 3. The minimum absolute atomic E-state index is 0.359. The summed E-state index contributed by atoms with van der Waals surface area (Å²) in [5.74, 6) is 0. The zero-order valence-electron chi connectivity index (χ0n) is 11.6. The van der Waals surface area contributed by atoms with Crippen LogP contribution in [0.3, 0.4) is 0 Å². The quantitative estimate of drug-likeness (QED) is 0.805. The highest BCUT2D eigenvalue weighted by Crippen LogP contribution is 2.29. The molecule has 1 atom stereocenters. The number of carbonyl (C=O) groups excluding carboxylic acids is 1. The van der Waals surface area contributed by atoms with Gasteiger partial charge in [-0.1, -0.05) is 29.5 Å². The molecule has 0 aliphatic heterocycles. The molecule has 0 unspecified atom stereocenters. The van der Waals surface area contributed by atoms with Crippen molar-refractivity contribution in [3.05, 3.63) is 47.2 Å². The average Bonchev–Trinajstić information content (AvgIpc) is 3.03. The van der Waals surface area contributed by atoms with Crippen molar-refractivity contribution >= 4 is 28.1 Å². The maximum Gasteiger partial charge on any atom is 0.412 e. The number of ether oxygens (including phenoxy) is 1. The van der Waals surface area contributed by atoms with Gasteiger partial charge in [0.1, 0.15) is 12.4 Å². The zero-order valence-corrected chi connectivity index (χ0v) is 12.4. The van der Waals surface area contributed by atoms with Crippen molar-refractivity contribution in [3.63, 3.8) is 0 Å². The molecule has 0 spiro atoms. The van der Waals surface area contributed by atoms with Gasteiger partial charge in [0, 0.05) is 5.69 Å². The molecule has 108 valence electrons. The highest BCUT2D eigenvalue weighted by atomic mass is 32.1. The number of benzene rings is 1. The highest BCUT2D eigenvalue weighted by Gasteiger charge is 2.19. The number of carbonyl (C=O) groups is 1. The Labute approximate surface area is 125 Å². The van der Waals surface area contributed by atoms with Gasteiger partial charge in [0.15, 0.2) is 0 Å². The molecule has 3 aromatic rings. The van der Waals surface area contributed by atoms with E-state index in [0.717, 1.165) is 15.5 Å². The van der Waals surface area contributed by atoms with Crippen LogP contribution in [0.5, 0.6) is 0 Å². The number of hydrogen-bond donors (Lipinski definition) is 1. The van der Waals surface area contributed by atoms with Gasteiger partial charge in [0.05, 0.1) is 10.6 Å². The lowest BCUT2D eigenvalue weighted by molar-refractivity contribution is 0.122. The number of nitrogens with zero attached hydrogens (tertiary/aromatic N) is 3. The van der Waals surface area contributed by atoms with Crippen LogP contribution in [0.15, 0.2) is 36.7 Å². The first-order valence-corrected chi connectivity index (χ1v) is 7.28. The van der Waals surface area contributed by atoms with E-state index < -0.39 is 6.09 Å². The SMILES string of the molecule is Cc1c([C@H](C)OC(=O)Nc2ccccc2)sc2ncnn12. The lowest BCUT2D eigenvalue weighted by atomic mass is 10.3. The van der Waals surface area contributed by atoms with Gasteiger partial charge in [-0.2, -0.15) is 5.10 Å². The van der Waals surface area contributed by atoms with Crippen LogP contribution in [0.2, 0.25) is 0 Å². The highest BCUT2D eigenvalue weighted by molar-refractivity contribution is 7.17. The molecule has 0 radical (unpaired) electrons. The smallest absolute Gasteiger partial charge is 0.412 e. The number of para-hydroxylation sites is 1. The molecule has 7 heteroatoms. The Hall–Kier alpha value is -2.41. The zero-order chi connectivity index (χ0) is 14.8. The molecule has 2 heterocycles. The van der Waals surface area contributed by atoms with Crippen molar-refractivity contribution in [3.8, 4) is 0 Å². The van der Waals surface area contributed by atoms with Crippen molar-refractivity contribution in [1.29, 1.82) is 0 Å². The van der Waals surface area contributed by atoms with Gasteiger partial charge in [0.25, 0.3) is 0 Å². The number of hydrogen-bond acceptors (Lipinski definition) is 5. The predicted molar refractivity (Wildman–Crippen MR) is 80.6 cm³/mol. The Morgan fingerprint density at radius 1 is 1.38 bits per heavy atom. The number of nitrogens with one attached hydrogen (secondary N) is 1. The second kappa shape index (κ2) is 5.53. The maximum absolute atomic E-state index is 11.9. The second-order valence-corrected chi connectivity index (χ2v) is 5.55. The molecule has 0 bridgehead atoms. The molecule has 0 aliphatic carbocycles. The van der Waals surface area contributed by atoms with E-state index in [1.165, 1.54) is 17.7 Å². The third-order valence-corrected chi connectivity index (χ3v) is 4.37. The topological polar surface area (TPSA) is 68.5 Å². The van der Waals surface area contributed by atoms with Crippen LogP contribution in [0.4, 0.5) is 10.5 Å². The van der Waals surface area contributed by atoms with Crippen LogP contribution >= 0.6 is 11.3 Å². The fourth-order valence-corrected chi connectivity index (χ4v) is 3.08. The summed E-state index contributed by atoms with van der Waals surface area (Å²) in [5.41, 5.74) is 1.64. The average molecular weight is 302 g/mol. The Morgan fingerprint density at radius 2 is 2.14 bits per heavy atom. The number of thiazole rings is 1. The molecule has 0 saturated carbocycles. The molecular formula is C14H14N4O2S. The summed E-state index contributed by atoms with van der Waals surface area (Å²) in [4.78, 5) is 17.8. The number of amides is 1. The van der Waals surface area contributed by atoms with Gasteiger partial charge in [0.2, 0.25) is 4.96 Å². The van der Waals surface area contributed by atoms with Crippen LogP contribution in [-0.2, 0) is 4.74 Å². The molecule has 0 fully saturated rings. The number of fused-ring (bicyclic) bond motifs is 1. The van der Waals surface area contributed by atoms with E-state index in [-0.39, 0.29) is 6.10 Å². The minimum atomic E-state index is -0.480. The third-order valence-electron chi connectivity index (χ3n) is 3.07. The molecule has 2 aromatic heterocycles. The van der Waals surface area contributed by atoms with Crippen LogP contribution in [0.25, 0.3) is 4.96 Å². The van der Waals surface area contributed by atoms with Gasteiger partial charge in [-0.25, -0.2) is 14.3 Å². The molecule has 6 nitrogen and oxygen atoms in total. The number of aryl methyl sites for hydroxylation is 1. The standard InChI is InChI=1S/C14H14N4O2S/c1-9-12(21-13-15-8-16-18(9)13)10(2)20-14(19)17-11-6-4-3-5-7-11/h3-8,10H,1-2H3,(H,17,19)/t10-/m0/s1. The van der Waals surface area contributed by atoms with E-state index in [0.29, 0.717) is 5.69 Å². The van der Waals surface area contributed by atoms with Crippen molar-refractivity contribution in [2.45, 2.75) is 20.0 Å². The normalized spacial score (nSPS) is 12.3. The molecule has 3 rings (SSSR count). The molecule has 21 heavy (non-hydrogen) atoms. The molecule has 1 amide bonds. The number of anilines is 1. The van der Waals surface area contributed by atoms with E-state index in [1.807, 2.05) is 32.0 Å². The Morgan fingerprint density at radius 3 is 2.86 bits per heavy atom.